The zero-order valence-corrected chi connectivity index (χ0v) is 11.8. The van der Waals surface area contributed by atoms with Crippen LogP contribution in [0.4, 0.5) is 5.82 Å². The van der Waals surface area contributed by atoms with Gasteiger partial charge in [0.2, 0.25) is 5.88 Å². The van der Waals surface area contributed by atoms with Gasteiger partial charge in [-0.2, -0.15) is 0 Å². The maximum atomic E-state index is 5.88. The summed E-state index contributed by atoms with van der Waals surface area (Å²) in [5, 5.41) is 3.28. The maximum absolute atomic E-state index is 5.88. The van der Waals surface area contributed by atoms with E-state index in [0.29, 0.717) is 5.88 Å². The van der Waals surface area contributed by atoms with Crippen LogP contribution in [0.25, 0.3) is 0 Å². The highest BCUT2D eigenvalue weighted by Crippen LogP contribution is 2.22. The molecule has 0 saturated carbocycles. The molecule has 0 bridgehead atoms. The van der Waals surface area contributed by atoms with Gasteiger partial charge in [-0.3, -0.25) is 0 Å². The molecule has 0 spiro atoms. The van der Waals surface area contributed by atoms with E-state index in [-0.39, 0.29) is 0 Å². The molecule has 0 radical (unpaired) electrons. The second-order valence-corrected chi connectivity index (χ2v) is 5.54. The number of methoxy groups -OCH3 is 1. The molecular formula is C12H14ClN3OS. The zero-order chi connectivity index (χ0) is 13.0. The van der Waals surface area contributed by atoms with Crippen molar-refractivity contribution < 1.29 is 4.74 Å². The first kappa shape index (κ1) is 13.1. The van der Waals surface area contributed by atoms with Crippen LogP contribution < -0.4 is 10.1 Å². The van der Waals surface area contributed by atoms with Crippen LogP contribution in [-0.2, 0) is 6.42 Å². The third-order valence-electron chi connectivity index (χ3n) is 2.52. The zero-order valence-electron chi connectivity index (χ0n) is 10.2. The standard InChI is InChI=1S/C12H14ClN3OS/c1-8-11(15-7-16-12(8)17-2)14-6-5-9-3-4-10(13)18-9/h3-4,7H,5-6H2,1-2H3,(H,14,15,16). The lowest BCUT2D eigenvalue weighted by atomic mass is 10.3. The van der Waals surface area contributed by atoms with Crippen molar-refractivity contribution in [2.75, 3.05) is 19.0 Å². The molecule has 0 aromatic carbocycles. The molecule has 4 nitrogen and oxygen atoms in total. The van der Waals surface area contributed by atoms with E-state index in [1.54, 1.807) is 18.4 Å². The fraction of sp³-hybridized carbons (Fsp3) is 0.333. The molecule has 0 amide bonds. The molecule has 96 valence electrons. The van der Waals surface area contributed by atoms with Crippen molar-refractivity contribution in [2.24, 2.45) is 0 Å². The predicted molar refractivity (Wildman–Crippen MR) is 74.8 cm³/mol. The Morgan fingerprint density at radius 1 is 1.39 bits per heavy atom. The highest BCUT2D eigenvalue weighted by Gasteiger charge is 2.06. The highest BCUT2D eigenvalue weighted by molar-refractivity contribution is 7.16. The second-order valence-electron chi connectivity index (χ2n) is 3.74. The monoisotopic (exact) mass is 283 g/mol. The molecule has 0 unspecified atom stereocenters. The van der Waals surface area contributed by atoms with Gasteiger partial charge in [-0.25, -0.2) is 9.97 Å². The van der Waals surface area contributed by atoms with Gasteiger partial charge in [-0.15, -0.1) is 11.3 Å². The molecule has 2 rings (SSSR count). The van der Waals surface area contributed by atoms with Gasteiger partial charge in [0.25, 0.3) is 0 Å². The molecule has 2 aromatic rings. The fourth-order valence-corrected chi connectivity index (χ4v) is 2.70. The van der Waals surface area contributed by atoms with Crippen LogP contribution in [0.5, 0.6) is 5.88 Å². The van der Waals surface area contributed by atoms with E-state index in [0.717, 1.165) is 28.7 Å². The van der Waals surface area contributed by atoms with Crippen LogP contribution in [0.15, 0.2) is 18.5 Å². The summed E-state index contributed by atoms with van der Waals surface area (Å²) in [5.74, 6) is 1.41. The number of nitrogens with one attached hydrogen (secondary N) is 1. The lowest BCUT2D eigenvalue weighted by molar-refractivity contribution is 0.393. The van der Waals surface area contributed by atoms with E-state index in [1.807, 2.05) is 19.1 Å². The van der Waals surface area contributed by atoms with E-state index in [4.69, 9.17) is 16.3 Å². The molecule has 0 aliphatic heterocycles. The largest absolute Gasteiger partial charge is 0.481 e. The van der Waals surface area contributed by atoms with Crippen molar-refractivity contribution in [2.45, 2.75) is 13.3 Å². The maximum Gasteiger partial charge on any atom is 0.221 e. The number of thiophene rings is 1. The number of rotatable bonds is 5. The van der Waals surface area contributed by atoms with Crippen molar-refractivity contribution in [3.05, 3.63) is 33.2 Å². The van der Waals surface area contributed by atoms with Gasteiger partial charge in [-0.1, -0.05) is 11.6 Å². The lowest BCUT2D eigenvalue weighted by Crippen LogP contribution is -2.08. The second kappa shape index (κ2) is 6.02. The summed E-state index contributed by atoms with van der Waals surface area (Å²) in [6.07, 6.45) is 2.42. The summed E-state index contributed by atoms with van der Waals surface area (Å²) in [4.78, 5) is 9.49. The number of hydrogen-bond acceptors (Lipinski definition) is 5. The number of aromatic nitrogens is 2. The Hall–Kier alpha value is -1.33. The Bertz CT molecular complexity index is 530. The minimum absolute atomic E-state index is 0.603. The van der Waals surface area contributed by atoms with Crippen molar-refractivity contribution in [3.8, 4) is 5.88 Å². The third kappa shape index (κ3) is 3.11. The molecule has 0 fully saturated rings. The Kier molecular flexibility index (Phi) is 4.38. The van der Waals surface area contributed by atoms with Crippen molar-refractivity contribution in [1.82, 2.24) is 9.97 Å². The summed E-state index contributed by atoms with van der Waals surface area (Å²) in [5.41, 5.74) is 0.921. The molecule has 2 heterocycles. The Morgan fingerprint density at radius 3 is 2.89 bits per heavy atom. The van der Waals surface area contributed by atoms with Crippen LogP contribution in [0, 0.1) is 6.92 Å². The fourth-order valence-electron chi connectivity index (χ4n) is 1.61. The number of halogens is 1. The summed E-state index contributed by atoms with van der Waals surface area (Å²) in [6.45, 7) is 2.74. The molecule has 6 heteroatoms. The topological polar surface area (TPSA) is 47.0 Å². The minimum Gasteiger partial charge on any atom is -0.481 e. The molecule has 0 atom stereocenters. The quantitative estimate of drug-likeness (QED) is 0.916. The highest BCUT2D eigenvalue weighted by atomic mass is 35.5. The summed E-state index contributed by atoms with van der Waals surface area (Å²) < 4.78 is 5.97. The van der Waals surface area contributed by atoms with Gasteiger partial charge < -0.3 is 10.1 Å². The molecule has 0 saturated heterocycles. The van der Waals surface area contributed by atoms with Gasteiger partial charge in [0, 0.05) is 11.4 Å². The average Bonchev–Trinajstić information content (AvgIpc) is 2.77. The predicted octanol–water partition coefficient (Wildman–Crippen LogP) is 3.16. The van der Waals surface area contributed by atoms with E-state index >= 15 is 0 Å². The van der Waals surface area contributed by atoms with E-state index in [9.17, 15) is 0 Å². The van der Waals surface area contributed by atoms with Crippen LogP contribution in [-0.4, -0.2) is 23.6 Å². The smallest absolute Gasteiger partial charge is 0.221 e. The number of nitrogens with zero attached hydrogens (tertiary/aromatic N) is 2. The SMILES string of the molecule is COc1ncnc(NCCc2ccc(Cl)s2)c1C. The van der Waals surface area contributed by atoms with Gasteiger partial charge in [0.05, 0.1) is 17.0 Å². The van der Waals surface area contributed by atoms with Crippen molar-refractivity contribution in [1.29, 1.82) is 0 Å². The number of hydrogen-bond donors (Lipinski definition) is 1. The van der Waals surface area contributed by atoms with Gasteiger partial charge in [-0.05, 0) is 25.5 Å². The van der Waals surface area contributed by atoms with Crippen molar-refractivity contribution >= 4 is 28.8 Å². The molecular weight excluding hydrogens is 270 g/mol. The molecule has 2 aromatic heterocycles. The number of ether oxygens (including phenoxy) is 1. The molecule has 0 aliphatic carbocycles. The lowest BCUT2D eigenvalue weighted by Gasteiger charge is -2.09. The average molecular weight is 284 g/mol. The number of anilines is 1. The van der Waals surface area contributed by atoms with Gasteiger partial charge in [0.1, 0.15) is 12.1 Å². The van der Waals surface area contributed by atoms with Gasteiger partial charge >= 0.3 is 0 Å². The van der Waals surface area contributed by atoms with E-state index < -0.39 is 0 Å². The normalized spacial score (nSPS) is 10.4. The molecule has 0 aliphatic rings. The van der Waals surface area contributed by atoms with E-state index in [1.165, 1.54) is 11.2 Å². The third-order valence-corrected chi connectivity index (χ3v) is 3.81. The van der Waals surface area contributed by atoms with Gasteiger partial charge in [0.15, 0.2) is 0 Å². The Morgan fingerprint density at radius 2 is 2.22 bits per heavy atom. The minimum atomic E-state index is 0.603. The summed E-state index contributed by atoms with van der Waals surface area (Å²) >= 11 is 7.48. The summed E-state index contributed by atoms with van der Waals surface area (Å²) in [6, 6.07) is 3.96. The van der Waals surface area contributed by atoms with Crippen LogP contribution in [0.3, 0.4) is 0 Å². The first-order valence-electron chi connectivity index (χ1n) is 5.54. The van der Waals surface area contributed by atoms with E-state index in [2.05, 4.69) is 15.3 Å². The first-order valence-corrected chi connectivity index (χ1v) is 6.74. The van der Waals surface area contributed by atoms with Crippen LogP contribution in [0.2, 0.25) is 4.34 Å². The first-order chi connectivity index (χ1) is 8.70. The Labute approximate surface area is 115 Å². The summed E-state index contributed by atoms with van der Waals surface area (Å²) in [7, 11) is 1.60. The van der Waals surface area contributed by atoms with Crippen molar-refractivity contribution in [3.63, 3.8) is 0 Å². The van der Waals surface area contributed by atoms with Crippen LogP contribution >= 0.6 is 22.9 Å². The molecule has 18 heavy (non-hydrogen) atoms. The van der Waals surface area contributed by atoms with Crippen LogP contribution in [0.1, 0.15) is 10.4 Å². The Balaban J connectivity index is 1.94. The molecule has 1 N–H and O–H groups in total.